The predicted octanol–water partition coefficient (Wildman–Crippen LogP) is 4.69. The van der Waals surface area contributed by atoms with E-state index in [9.17, 15) is 4.79 Å². The summed E-state index contributed by atoms with van der Waals surface area (Å²) in [7, 11) is 0. The number of thiophene rings is 1. The van der Waals surface area contributed by atoms with Crippen LogP contribution in [0.3, 0.4) is 0 Å². The van der Waals surface area contributed by atoms with Gasteiger partial charge >= 0.3 is 0 Å². The molecule has 0 bridgehead atoms. The van der Waals surface area contributed by atoms with Crippen molar-refractivity contribution in [2.45, 2.75) is 6.04 Å². The summed E-state index contributed by atoms with van der Waals surface area (Å²) in [6.07, 6.45) is 0. The molecule has 1 aromatic heterocycles. The van der Waals surface area contributed by atoms with E-state index >= 15 is 0 Å². The molecule has 1 atom stereocenters. The molecule has 24 heavy (non-hydrogen) atoms. The number of amides is 1. The van der Waals surface area contributed by atoms with Crippen molar-refractivity contribution in [1.82, 2.24) is 5.32 Å². The van der Waals surface area contributed by atoms with Crippen molar-refractivity contribution >= 4 is 28.8 Å². The molecule has 0 aliphatic carbocycles. The summed E-state index contributed by atoms with van der Waals surface area (Å²) in [6.45, 7) is -0.0283. The summed E-state index contributed by atoms with van der Waals surface area (Å²) in [5, 5.41) is 5.69. The fraction of sp³-hybridized carbons (Fsp3) is 0.105. The maximum Gasteiger partial charge on any atom is 0.258 e. The van der Waals surface area contributed by atoms with Crippen LogP contribution < -0.4 is 10.1 Å². The van der Waals surface area contributed by atoms with Gasteiger partial charge in [0.15, 0.2) is 6.61 Å². The molecule has 3 aromatic rings. The Morgan fingerprint density at radius 1 is 1.04 bits per heavy atom. The molecular weight excluding hydrogens is 342 g/mol. The molecule has 0 spiro atoms. The van der Waals surface area contributed by atoms with Crippen molar-refractivity contribution in [2.75, 3.05) is 6.61 Å². The lowest BCUT2D eigenvalue weighted by molar-refractivity contribution is -0.123. The zero-order valence-electron chi connectivity index (χ0n) is 12.8. The number of carbonyl (C=O) groups excluding carboxylic acids is 1. The average molecular weight is 358 g/mol. The van der Waals surface area contributed by atoms with Crippen LogP contribution in [0.1, 0.15) is 16.5 Å². The van der Waals surface area contributed by atoms with Gasteiger partial charge in [-0.25, -0.2) is 0 Å². The van der Waals surface area contributed by atoms with Gasteiger partial charge in [0, 0.05) is 9.90 Å². The van der Waals surface area contributed by atoms with Gasteiger partial charge in [0.1, 0.15) is 5.75 Å². The van der Waals surface area contributed by atoms with Crippen LogP contribution in [0.15, 0.2) is 72.1 Å². The topological polar surface area (TPSA) is 38.3 Å². The minimum Gasteiger partial charge on any atom is -0.484 e. The molecule has 0 saturated heterocycles. The minimum atomic E-state index is -0.214. The molecule has 122 valence electrons. The third kappa shape index (κ3) is 4.37. The smallest absolute Gasteiger partial charge is 0.258 e. The van der Waals surface area contributed by atoms with Crippen LogP contribution in [0.2, 0.25) is 5.02 Å². The van der Waals surface area contributed by atoms with E-state index < -0.39 is 0 Å². The lowest BCUT2D eigenvalue weighted by Gasteiger charge is -2.18. The Bertz CT molecular complexity index is 773. The summed E-state index contributed by atoms with van der Waals surface area (Å²) >= 11 is 7.56. The van der Waals surface area contributed by atoms with Gasteiger partial charge in [-0.15, -0.1) is 11.3 Å². The zero-order valence-corrected chi connectivity index (χ0v) is 14.4. The highest BCUT2D eigenvalue weighted by Gasteiger charge is 2.18. The monoisotopic (exact) mass is 357 g/mol. The van der Waals surface area contributed by atoms with Crippen LogP contribution >= 0.6 is 22.9 Å². The second-order valence-corrected chi connectivity index (χ2v) is 6.58. The maximum atomic E-state index is 12.3. The van der Waals surface area contributed by atoms with Crippen molar-refractivity contribution in [1.29, 1.82) is 0 Å². The maximum absolute atomic E-state index is 12.3. The van der Waals surface area contributed by atoms with Gasteiger partial charge < -0.3 is 10.1 Å². The first kappa shape index (κ1) is 16.6. The van der Waals surface area contributed by atoms with Crippen molar-refractivity contribution in [3.05, 3.63) is 87.6 Å². The largest absolute Gasteiger partial charge is 0.484 e. The molecule has 0 radical (unpaired) electrons. The molecule has 0 fully saturated rings. The number of carbonyl (C=O) groups is 1. The lowest BCUT2D eigenvalue weighted by Crippen LogP contribution is -2.32. The van der Waals surface area contributed by atoms with Gasteiger partial charge in [0.25, 0.3) is 5.91 Å². The Hall–Kier alpha value is -2.30. The fourth-order valence-electron chi connectivity index (χ4n) is 2.30. The molecule has 1 N–H and O–H groups in total. The van der Waals surface area contributed by atoms with Gasteiger partial charge in [-0.2, -0.15) is 0 Å². The molecule has 0 aliphatic heterocycles. The van der Waals surface area contributed by atoms with Crippen molar-refractivity contribution < 1.29 is 9.53 Å². The number of rotatable bonds is 6. The number of halogens is 1. The quantitative estimate of drug-likeness (QED) is 0.695. The number of hydrogen-bond donors (Lipinski definition) is 1. The molecule has 2 aromatic carbocycles. The molecule has 0 aliphatic rings. The van der Waals surface area contributed by atoms with Crippen LogP contribution in [-0.2, 0) is 4.79 Å². The van der Waals surface area contributed by atoms with E-state index in [1.807, 2.05) is 72.1 Å². The SMILES string of the molecule is O=C(COc1ccccc1)NC(c1ccc(Cl)cc1)c1cccs1. The van der Waals surface area contributed by atoms with Gasteiger partial charge in [0.05, 0.1) is 6.04 Å². The van der Waals surface area contributed by atoms with Crippen LogP contribution in [-0.4, -0.2) is 12.5 Å². The third-order valence-electron chi connectivity index (χ3n) is 3.45. The zero-order chi connectivity index (χ0) is 16.8. The fourth-order valence-corrected chi connectivity index (χ4v) is 3.23. The van der Waals surface area contributed by atoms with Crippen LogP contribution in [0.25, 0.3) is 0 Å². The Balaban J connectivity index is 1.70. The summed E-state index contributed by atoms with van der Waals surface area (Å²) < 4.78 is 5.51. The standard InChI is InChI=1S/C19H16ClNO2S/c20-15-10-8-14(9-11-15)19(17-7-4-12-24-17)21-18(22)13-23-16-5-2-1-3-6-16/h1-12,19H,13H2,(H,21,22). The first-order chi connectivity index (χ1) is 11.7. The highest BCUT2D eigenvalue weighted by Crippen LogP contribution is 2.27. The van der Waals surface area contributed by atoms with E-state index in [1.165, 1.54) is 0 Å². The predicted molar refractivity (Wildman–Crippen MR) is 97.7 cm³/mol. The molecule has 3 nitrogen and oxygen atoms in total. The van der Waals surface area contributed by atoms with Crippen molar-refractivity contribution in [3.8, 4) is 5.75 Å². The van der Waals surface area contributed by atoms with Crippen molar-refractivity contribution in [3.63, 3.8) is 0 Å². The van der Waals surface area contributed by atoms with E-state index in [4.69, 9.17) is 16.3 Å². The Labute approximate surface area is 149 Å². The molecule has 3 rings (SSSR count). The van der Waals surface area contributed by atoms with Crippen LogP contribution in [0, 0.1) is 0 Å². The van der Waals surface area contributed by atoms with Crippen LogP contribution in [0.5, 0.6) is 5.75 Å². The normalized spacial score (nSPS) is 11.7. The average Bonchev–Trinajstić information content (AvgIpc) is 3.14. The Morgan fingerprint density at radius 3 is 2.46 bits per heavy atom. The summed E-state index contributed by atoms with van der Waals surface area (Å²) in [4.78, 5) is 13.4. The number of hydrogen-bond acceptors (Lipinski definition) is 3. The summed E-state index contributed by atoms with van der Waals surface area (Å²) in [5.74, 6) is 0.499. The lowest BCUT2D eigenvalue weighted by atomic mass is 10.1. The molecule has 5 heteroatoms. The van der Waals surface area contributed by atoms with E-state index in [2.05, 4.69) is 5.32 Å². The van der Waals surface area contributed by atoms with Crippen molar-refractivity contribution in [2.24, 2.45) is 0 Å². The highest BCUT2D eigenvalue weighted by atomic mass is 35.5. The molecule has 1 heterocycles. The number of para-hydroxylation sites is 1. The van der Waals surface area contributed by atoms with Gasteiger partial charge in [-0.3, -0.25) is 4.79 Å². The first-order valence-electron chi connectivity index (χ1n) is 7.48. The first-order valence-corrected chi connectivity index (χ1v) is 8.74. The second kappa shape index (κ2) is 7.99. The molecule has 0 saturated carbocycles. The molecule has 1 amide bonds. The van der Waals surface area contributed by atoms with E-state index in [0.29, 0.717) is 10.8 Å². The summed E-state index contributed by atoms with van der Waals surface area (Å²) in [6, 6.07) is 20.5. The number of nitrogens with one attached hydrogen (secondary N) is 1. The van der Waals surface area contributed by atoms with Gasteiger partial charge in [0.2, 0.25) is 0 Å². The Kier molecular flexibility index (Phi) is 5.51. The van der Waals surface area contributed by atoms with E-state index in [0.717, 1.165) is 10.4 Å². The summed E-state index contributed by atoms with van der Waals surface area (Å²) in [5.41, 5.74) is 0.981. The number of ether oxygens (including phenoxy) is 1. The minimum absolute atomic E-state index is 0.0283. The third-order valence-corrected chi connectivity index (χ3v) is 4.64. The van der Waals surface area contributed by atoms with Crippen LogP contribution in [0.4, 0.5) is 0 Å². The molecular formula is C19H16ClNO2S. The van der Waals surface area contributed by atoms with Gasteiger partial charge in [-0.1, -0.05) is 48.0 Å². The molecule has 1 unspecified atom stereocenters. The van der Waals surface area contributed by atoms with E-state index in [1.54, 1.807) is 11.3 Å². The highest BCUT2D eigenvalue weighted by molar-refractivity contribution is 7.10. The van der Waals surface area contributed by atoms with Gasteiger partial charge in [-0.05, 0) is 41.3 Å². The second-order valence-electron chi connectivity index (χ2n) is 5.17. The Morgan fingerprint density at radius 2 is 1.79 bits per heavy atom. The van der Waals surface area contributed by atoms with E-state index in [-0.39, 0.29) is 18.6 Å². The number of benzene rings is 2.